The van der Waals surface area contributed by atoms with Crippen molar-refractivity contribution in [1.29, 1.82) is 0 Å². The first-order valence-corrected chi connectivity index (χ1v) is 6.13. The molecule has 92 valence electrons. The van der Waals surface area contributed by atoms with E-state index in [4.69, 9.17) is 7.85 Å². The van der Waals surface area contributed by atoms with Crippen LogP contribution in [0.3, 0.4) is 0 Å². The predicted octanol–water partition coefficient (Wildman–Crippen LogP) is 1.66. The summed E-state index contributed by atoms with van der Waals surface area (Å²) in [5, 5.41) is 7.84. The zero-order valence-electron chi connectivity index (χ0n) is 11.7. The Morgan fingerprint density at radius 1 is 0.944 bits per heavy atom. The number of hydrogen-bond acceptors (Lipinski definition) is 2. The van der Waals surface area contributed by atoms with E-state index in [-0.39, 0.29) is 0 Å². The summed E-state index contributed by atoms with van der Waals surface area (Å²) in [7, 11) is 5.60. The Kier molecular flexibility index (Phi) is 3.29. The maximum absolute atomic E-state index is 5.60. The molecule has 4 heteroatoms. The van der Waals surface area contributed by atoms with Gasteiger partial charge in [0.05, 0.1) is 6.54 Å². The van der Waals surface area contributed by atoms with E-state index < -0.39 is 0 Å². The van der Waals surface area contributed by atoms with E-state index in [1.54, 1.807) is 10.9 Å². The molecule has 0 amide bonds. The van der Waals surface area contributed by atoms with Gasteiger partial charge < -0.3 is 0 Å². The molecule has 0 aliphatic heterocycles. The van der Waals surface area contributed by atoms with Crippen LogP contribution in [-0.4, -0.2) is 22.8 Å². The van der Waals surface area contributed by atoms with Gasteiger partial charge in [-0.05, 0) is 68.0 Å². The van der Waals surface area contributed by atoms with Gasteiger partial charge in [-0.15, -0.1) is 5.10 Å². The van der Waals surface area contributed by atoms with Crippen LogP contribution in [0.4, 0.5) is 0 Å². The molecule has 2 rings (SSSR count). The SMILES string of the molecule is [B]c1cn(Cc2c(C)c(C)c(C)c(C)c2C)nn1. The van der Waals surface area contributed by atoms with Crippen LogP contribution in [0.25, 0.3) is 0 Å². The number of aromatic nitrogens is 3. The summed E-state index contributed by atoms with van der Waals surface area (Å²) < 4.78 is 1.79. The van der Waals surface area contributed by atoms with E-state index in [1.807, 2.05) is 0 Å². The van der Waals surface area contributed by atoms with E-state index in [1.165, 1.54) is 33.4 Å². The van der Waals surface area contributed by atoms with Gasteiger partial charge in [-0.1, -0.05) is 5.21 Å². The minimum absolute atomic E-state index is 0.464. The number of nitrogens with zero attached hydrogens (tertiary/aromatic N) is 3. The molecule has 2 aromatic rings. The highest BCUT2D eigenvalue weighted by Gasteiger charge is 2.12. The van der Waals surface area contributed by atoms with Gasteiger partial charge in [0.2, 0.25) is 0 Å². The molecule has 0 saturated carbocycles. The lowest BCUT2D eigenvalue weighted by molar-refractivity contribution is 0.644. The van der Waals surface area contributed by atoms with Crippen molar-refractivity contribution in [3.63, 3.8) is 0 Å². The monoisotopic (exact) mass is 239 g/mol. The summed E-state index contributed by atoms with van der Waals surface area (Å²) in [6.07, 6.45) is 1.77. The maximum Gasteiger partial charge on any atom is 0.146 e. The summed E-state index contributed by atoms with van der Waals surface area (Å²) in [5.41, 5.74) is 8.56. The average Bonchev–Trinajstić information content (AvgIpc) is 2.75. The van der Waals surface area contributed by atoms with Gasteiger partial charge in [-0.25, -0.2) is 4.68 Å². The molecule has 0 aliphatic carbocycles. The van der Waals surface area contributed by atoms with E-state index in [0.717, 1.165) is 6.54 Å². The maximum atomic E-state index is 5.60. The average molecular weight is 239 g/mol. The fourth-order valence-electron chi connectivity index (χ4n) is 2.37. The third-order valence-corrected chi connectivity index (χ3v) is 4.03. The Labute approximate surface area is 110 Å². The van der Waals surface area contributed by atoms with Gasteiger partial charge in [-0.3, -0.25) is 0 Å². The molecule has 0 aliphatic rings. The van der Waals surface area contributed by atoms with Crippen LogP contribution in [0.15, 0.2) is 6.20 Å². The molecule has 0 atom stereocenters. The lowest BCUT2D eigenvalue weighted by Gasteiger charge is -2.18. The zero-order chi connectivity index (χ0) is 13.4. The van der Waals surface area contributed by atoms with Crippen molar-refractivity contribution in [3.05, 3.63) is 39.6 Å². The first kappa shape index (κ1) is 12.9. The van der Waals surface area contributed by atoms with Gasteiger partial charge >= 0.3 is 0 Å². The minimum Gasteiger partial charge on any atom is -0.249 e. The second kappa shape index (κ2) is 4.60. The van der Waals surface area contributed by atoms with Crippen LogP contribution < -0.4 is 5.59 Å². The Hall–Kier alpha value is -1.58. The van der Waals surface area contributed by atoms with Gasteiger partial charge in [0, 0.05) is 11.8 Å². The number of benzene rings is 1. The molecule has 0 fully saturated rings. The summed E-state index contributed by atoms with van der Waals surface area (Å²) in [6.45, 7) is 11.6. The van der Waals surface area contributed by atoms with Crippen molar-refractivity contribution in [2.75, 3.05) is 0 Å². The molecule has 0 N–H and O–H groups in total. The Morgan fingerprint density at radius 3 is 1.89 bits per heavy atom. The minimum atomic E-state index is 0.464. The Balaban J connectivity index is 2.51. The molecule has 0 bridgehead atoms. The van der Waals surface area contributed by atoms with Crippen molar-refractivity contribution >= 4 is 13.4 Å². The molecule has 1 aromatic heterocycles. The van der Waals surface area contributed by atoms with Gasteiger partial charge in [0.1, 0.15) is 7.85 Å². The van der Waals surface area contributed by atoms with E-state index >= 15 is 0 Å². The number of hydrogen-bond donors (Lipinski definition) is 0. The van der Waals surface area contributed by atoms with Crippen LogP contribution in [-0.2, 0) is 6.54 Å². The van der Waals surface area contributed by atoms with E-state index in [2.05, 4.69) is 44.9 Å². The highest BCUT2D eigenvalue weighted by molar-refractivity contribution is 6.30. The van der Waals surface area contributed by atoms with Crippen LogP contribution in [0, 0.1) is 34.6 Å². The molecular weight excluding hydrogens is 221 g/mol. The summed E-state index contributed by atoms with van der Waals surface area (Å²) >= 11 is 0. The molecule has 1 heterocycles. The van der Waals surface area contributed by atoms with Crippen molar-refractivity contribution in [1.82, 2.24) is 15.0 Å². The molecular formula is C14H18BN3. The van der Waals surface area contributed by atoms with Crippen molar-refractivity contribution < 1.29 is 0 Å². The van der Waals surface area contributed by atoms with Crippen molar-refractivity contribution in [2.45, 2.75) is 41.2 Å². The standard InChI is InChI=1S/C14H18BN3/c1-8-9(2)11(4)13(12(5)10(8)3)6-18-7-14(15)16-17-18/h7H,6H2,1-5H3. The van der Waals surface area contributed by atoms with Crippen molar-refractivity contribution in [3.8, 4) is 0 Å². The molecule has 0 unspecified atom stereocenters. The molecule has 0 spiro atoms. The Bertz CT molecular complexity index is 570. The second-order valence-electron chi connectivity index (χ2n) is 4.94. The van der Waals surface area contributed by atoms with E-state index in [0.29, 0.717) is 5.59 Å². The normalized spacial score (nSPS) is 10.9. The lowest BCUT2D eigenvalue weighted by atomic mass is 9.89. The summed E-state index contributed by atoms with van der Waals surface area (Å²) in [6, 6.07) is 0. The van der Waals surface area contributed by atoms with Crippen molar-refractivity contribution in [2.24, 2.45) is 0 Å². The fraction of sp³-hybridized carbons (Fsp3) is 0.429. The van der Waals surface area contributed by atoms with Crippen LogP contribution in [0.5, 0.6) is 0 Å². The lowest BCUT2D eigenvalue weighted by Crippen LogP contribution is -2.09. The molecule has 1 aromatic carbocycles. The molecule has 0 saturated heterocycles. The highest BCUT2D eigenvalue weighted by Crippen LogP contribution is 2.26. The predicted molar refractivity (Wildman–Crippen MR) is 74.6 cm³/mol. The van der Waals surface area contributed by atoms with Gasteiger partial charge in [0.25, 0.3) is 0 Å². The quantitative estimate of drug-likeness (QED) is 0.746. The topological polar surface area (TPSA) is 30.7 Å². The summed E-state index contributed by atoms with van der Waals surface area (Å²) in [5.74, 6) is 0. The fourth-order valence-corrected chi connectivity index (χ4v) is 2.37. The highest BCUT2D eigenvalue weighted by atomic mass is 15.4. The van der Waals surface area contributed by atoms with Crippen LogP contribution >= 0.6 is 0 Å². The zero-order valence-corrected chi connectivity index (χ0v) is 11.7. The van der Waals surface area contributed by atoms with Gasteiger partial charge in [-0.2, -0.15) is 0 Å². The van der Waals surface area contributed by atoms with Crippen LogP contribution in [0.1, 0.15) is 33.4 Å². The van der Waals surface area contributed by atoms with Crippen LogP contribution in [0.2, 0.25) is 0 Å². The Morgan fingerprint density at radius 2 is 1.44 bits per heavy atom. The first-order valence-electron chi connectivity index (χ1n) is 6.13. The molecule has 18 heavy (non-hydrogen) atoms. The third kappa shape index (κ3) is 2.07. The first-order chi connectivity index (χ1) is 8.41. The second-order valence-corrected chi connectivity index (χ2v) is 4.94. The van der Waals surface area contributed by atoms with E-state index in [9.17, 15) is 0 Å². The molecule has 3 nitrogen and oxygen atoms in total. The molecule has 2 radical (unpaired) electrons. The smallest absolute Gasteiger partial charge is 0.146 e. The third-order valence-electron chi connectivity index (χ3n) is 4.03. The number of rotatable bonds is 2. The largest absolute Gasteiger partial charge is 0.249 e. The van der Waals surface area contributed by atoms with Gasteiger partial charge in [0.15, 0.2) is 0 Å². The summed E-state index contributed by atoms with van der Waals surface area (Å²) in [4.78, 5) is 0.